The predicted molar refractivity (Wildman–Crippen MR) is 136 cm³/mol. The van der Waals surface area contributed by atoms with E-state index in [1.54, 1.807) is 16.7 Å². The molecule has 0 aliphatic heterocycles. The van der Waals surface area contributed by atoms with Gasteiger partial charge in [-0.3, -0.25) is 14.3 Å². The Bertz CT molecular complexity index is 1310. The largest absolute Gasteiger partial charge is 0.274 e. The standard InChI is InChI=1S/C24H24ClN5OS2/c1-14-7-6-8-20(10-14)29-17(4)27-28-24(29)33-13-19-12-32-23(26-19)30(18(5)31)22-16(3)9-15(2)11-21(22)25/h6-12H,13H2,1-5H3. The molecule has 0 radical (unpaired) electrons. The highest BCUT2D eigenvalue weighted by Crippen LogP contribution is 2.38. The molecule has 0 fully saturated rings. The lowest BCUT2D eigenvalue weighted by Gasteiger charge is -2.22. The Kier molecular flexibility index (Phi) is 6.88. The molecule has 2 heterocycles. The van der Waals surface area contributed by atoms with Gasteiger partial charge >= 0.3 is 0 Å². The van der Waals surface area contributed by atoms with Crippen LogP contribution in [0, 0.1) is 27.7 Å². The third-order valence-electron chi connectivity index (χ3n) is 5.07. The second kappa shape index (κ2) is 9.67. The van der Waals surface area contributed by atoms with Gasteiger partial charge in [-0.15, -0.1) is 21.5 Å². The molecule has 0 N–H and O–H groups in total. The SMILES string of the molecule is CC(=O)N(c1nc(CSc2nnc(C)n2-c2cccc(C)c2)cs1)c1c(C)cc(C)cc1Cl. The molecule has 170 valence electrons. The molecule has 0 bridgehead atoms. The maximum absolute atomic E-state index is 12.6. The number of hydrogen-bond acceptors (Lipinski definition) is 6. The van der Waals surface area contributed by atoms with E-state index in [0.717, 1.165) is 33.5 Å². The highest BCUT2D eigenvalue weighted by atomic mass is 35.5. The third kappa shape index (κ3) is 4.98. The predicted octanol–water partition coefficient (Wildman–Crippen LogP) is 6.59. The van der Waals surface area contributed by atoms with Gasteiger partial charge in [0.25, 0.3) is 0 Å². The van der Waals surface area contributed by atoms with Crippen molar-refractivity contribution in [2.45, 2.75) is 45.5 Å². The Morgan fingerprint density at radius 1 is 1.12 bits per heavy atom. The summed E-state index contributed by atoms with van der Waals surface area (Å²) in [6.07, 6.45) is 0. The number of hydrogen-bond donors (Lipinski definition) is 0. The number of aryl methyl sites for hydroxylation is 4. The van der Waals surface area contributed by atoms with Crippen LogP contribution in [-0.4, -0.2) is 25.7 Å². The number of thioether (sulfide) groups is 1. The number of carbonyl (C=O) groups excluding carboxylic acids is 1. The number of anilines is 2. The molecule has 2 aromatic heterocycles. The van der Waals surface area contributed by atoms with Crippen LogP contribution in [-0.2, 0) is 10.5 Å². The Labute approximate surface area is 206 Å². The zero-order valence-electron chi connectivity index (χ0n) is 19.1. The number of thiazole rings is 1. The lowest BCUT2D eigenvalue weighted by molar-refractivity contribution is -0.115. The molecule has 0 saturated heterocycles. The van der Waals surface area contributed by atoms with Crippen LogP contribution in [0.25, 0.3) is 5.69 Å². The first kappa shape index (κ1) is 23.5. The molecule has 0 atom stereocenters. The maximum Gasteiger partial charge on any atom is 0.230 e. The van der Waals surface area contributed by atoms with Gasteiger partial charge in [-0.25, -0.2) is 4.98 Å². The Hall–Kier alpha value is -2.68. The number of aromatic nitrogens is 4. The third-order valence-corrected chi connectivity index (χ3v) is 7.20. The van der Waals surface area contributed by atoms with Gasteiger partial charge in [-0.1, -0.05) is 41.6 Å². The summed E-state index contributed by atoms with van der Waals surface area (Å²) < 4.78 is 2.04. The minimum atomic E-state index is -0.132. The molecular weight excluding hydrogens is 474 g/mol. The van der Waals surface area contributed by atoms with E-state index in [1.165, 1.54) is 23.8 Å². The molecule has 9 heteroatoms. The monoisotopic (exact) mass is 497 g/mol. The Balaban J connectivity index is 1.59. The summed E-state index contributed by atoms with van der Waals surface area (Å²) in [6.45, 7) is 9.47. The summed E-state index contributed by atoms with van der Waals surface area (Å²) in [5.41, 5.74) is 5.74. The number of rotatable bonds is 6. The van der Waals surface area contributed by atoms with Gasteiger partial charge in [0.05, 0.1) is 16.4 Å². The average Bonchev–Trinajstić information content (AvgIpc) is 3.35. The fourth-order valence-corrected chi connectivity index (χ4v) is 5.96. The van der Waals surface area contributed by atoms with Crippen LogP contribution in [0.3, 0.4) is 0 Å². The van der Waals surface area contributed by atoms with E-state index < -0.39 is 0 Å². The van der Waals surface area contributed by atoms with Gasteiger partial charge < -0.3 is 0 Å². The van der Waals surface area contributed by atoms with Crippen LogP contribution in [0.2, 0.25) is 5.02 Å². The highest BCUT2D eigenvalue weighted by Gasteiger charge is 2.23. The zero-order valence-corrected chi connectivity index (χ0v) is 21.5. The van der Waals surface area contributed by atoms with Crippen LogP contribution >= 0.6 is 34.7 Å². The van der Waals surface area contributed by atoms with E-state index in [-0.39, 0.29) is 5.91 Å². The van der Waals surface area contributed by atoms with Gasteiger partial charge in [0.2, 0.25) is 5.91 Å². The van der Waals surface area contributed by atoms with Gasteiger partial charge in [-0.2, -0.15) is 0 Å². The molecule has 2 aromatic carbocycles. The van der Waals surface area contributed by atoms with E-state index in [0.29, 0.717) is 21.6 Å². The number of amides is 1. The molecule has 0 unspecified atom stereocenters. The zero-order chi connectivity index (χ0) is 23.7. The smallest absolute Gasteiger partial charge is 0.230 e. The molecule has 4 aromatic rings. The first-order valence-electron chi connectivity index (χ1n) is 10.4. The van der Waals surface area contributed by atoms with E-state index in [2.05, 4.69) is 29.3 Å². The van der Waals surface area contributed by atoms with Crippen LogP contribution in [0.1, 0.15) is 35.1 Å². The van der Waals surface area contributed by atoms with Crippen molar-refractivity contribution in [3.8, 4) is 5.69 Å². The van der Waals surface area contributed by atoms with Crippen LogP contribution in [0.4, 0.5) is 10.8 Å². The van der Waals surface area contributed by atoms with Crippen molar-refractivity contribution < 1.29 is 4.79 Å². The normalized spacial score (nSPS) is 11.1. The molecule has 0 aliphatic rings. The fourth-order valence-electron chi connectivity index (χ4n) is 3.68. The topological polar surface area (TPSA) is 63.9 Å². The quantitative estimate of drug-likeness (QED) is 0.281. The first-order valence-corrected chi connectivity index (χ1v) is 12.6. The van der Waals surface area contributed by atoms with E-state index in [1.807, 2.05) is 55.0 Å². The summed E-state index contributed by atoms with van der Waals surface area (Å²) in [6, 6.07) is 12.1. The lowest BCUT2D eigenvalue weighted by Crippen LogP contribution is -2.24. The summed E-state index contributed by atoms with van der Waals surface area (Å²) in [5.74, 6) is 1.30. The first-order chi connectivity index (χ1) is 15.7. The molecule has 0 saturated carbocycles. The van der Waals surface area contributed by atoms with Gasteiger partial charge in [0, 0.05) is 23.7 Å². The second-order valence-electron chi connectivity index (χ2n) is 7.88. The minimum absolute atomic E-state index is 0.132. The summed E-state index contributed by atoms with van der Waals surface area (Å²) in [4.78, 5) is 18.9. The second-order valence-corrected chi connectivity index (χ2v) is 10.1. The highest BCUT2D eigenvalue weighted by molar-refractivity contribution is 7.98. The summed E-state index contributed by atoms with van der Waals surface area (Å²) in [5, 5.41) is 12.5. The fraction of sp³-hybridized carbons (Fsp3) is 0.250. The van der Waals surface area contributed by atoms with Crippen molar-refractivity contribution in [3.63, 3.8) is 0 Å². The van der Waals surface area contributed by atoms with Gasteiger partial charge in [-0.05, 0) is 62.6 Å². The van der Waals surface area contributed by atoms with Gasteiger partial charge in [0.15, 0.2) is 10.3 Å². The average molecular weight is 498 g/mol. The van der Waals surface area contributed by atoms with Crippen LogP contribution in [0.15, 0.2) is 46.9 Å². The maximum atomic E-state index is 12.6. The van der Waals surface area contributed by atoms with Gasteiger partial charge in [0.1, 0.15) is 5.82 Å². The minimum Gasteiger partial charge on any atom is -0.274 e. The Morgan fingerprint density at radius 2 is 1.91 bits per heavy atom. The van der Waals surface area contributed by atoms with E-state index in [9.17, 15) is 4.79 Å². The summed E-state index contributed by atoms with van der Waals surface area (Å²) >= 11 is 9.51. The van der Waals surface area contributed by atoms with Crippen molar-refractivity contribution in [3.05, 3.63) is 75.0 Å². The van der Waals surface area contributed by atoms with Crippen molar-refractivity contribution in [1.82, 2.24) is 19.7 Å². The molecule has 4 rings (SSSR count). The lowest BCUT2D eigenvalue weighted by atomic mass is 10.1. The molecule has 6 nitrogen and oxygen atoms in total. The molecule has 0 aliphatic carbocycles. The molecule has 1 amide bonds. The van der Waals surface area contributed by atoms with Crippen molar-refractivity contribution >= 4 is 51.4 Å². The Morgan fingerprint density at radius 3 is 2.61 bits per heavy atom. The molecular formula is C24H24ClN5OS2. The van der Waals surface area contributed by atoms with E-state index >= 15 is 0 Å². The van der Waals surface area contributed by atoms with Crippen LogP contribution in [0.5, 0.6) is 0 Å². The molecule has 33 heavy (non-hydrogen) atoms. The number of benzene rings is 2. The van der Waals surface area contributed by atoms with Crippen LogP contribution < -0.4 is 4.90 Å². The number of carbonyl (C=O) groups is 1. The van der Waals surface area contributed by atoms with Crippen molar-refractivity contribution in [2.24, 2.45) is 0 Å². The molecule has 0 spiro atoms. The number of halogens is 1. The number of nitrogens with zero attached hydrogens (tertiary/aromatic N) is 5. The van der Waals surface area contributed by atoms with E-state index in [4.69, 9.17) is 16.6 Å². The van der Waals surface area contributed by atoms with Crippen molar-refractivity contribution in [2.75, 3.05) is 4.90 Å². The van der Waals surface area contributed by atoms with Crippen molar-refractivity contribution in [1.29, 1.82) is 0 Å². The summed E-state index contributed by atoms with van der Waals surface area (Å²) in [7, 11) is 0.